The van der Waals surface area contributed by atoms with E-state index in [-0.39, 0.29) is 96.9 Å². The Balaban J connectivity index is 1.15. The summed E-state index contributed by atoms with van der Waals surface area (Å²) in [6, 6.07) is 5.95. The third-order valence-electron chi connectivity index (χ3n) is 17.6. The lowest BCUT2D eigenvalue weighted by Crippen LogP contribution is -2.72. The quantitative estimate of drug-likeness (QED) is 0.0618. The third-order valence-corrected chi connectivity index (χ3v) is 17.6. The van der Waals surface area contributed by atoms with Crippen LogP contribution in [-0.2, 0) is 43.3 Å². The summed E-state index contributed by atoms with van der Waals surface area (Å²) >= 11 is 0. The monoisotopic (exact) mass is 1000 g/mol. The minimum atomic E-state index is -1.73. The number of H-pyrrole nitrogens is 1. The van der Waals surface area contributed by atoms with E-state index in [9.17, 15) is 45.0 Å². The number of esters is 1. The Kier molecular flexibility index (Phi) is 13.4. The number of aromatic amines is 1. The Hall–Kier alpha value is -5.43. The van der Waals surface area contributed by atoms with Crippen molar-refractivity contribution in [2.24, 2.45) is 41.4 Å². The minimum absolute atomic E-state index is 0.00923. The third kappa shape index (κ3) is 7.89. The van der Waals surface area contributed by atoms with Gasteiger partial charge in [0.1, 0.15) is 28.6 Å². The number of allylic oxidation sites excluding steroid dienone is 4. The molecule has 5 heterocycles. The van der Waals surface area contributed by atoms with Gasteiger partial charge in [0.05, 0.1) is 49.2 Å². The summed E-state index contributed by atoms with van der Waals surface area (Å²) in [6.07, 6.45) is 13.3. The number of hydrogen-bond acceptors (Lipinski definition) is 15. The van der Waals surface area contributed by atoms with Gasteiger partial charge in [-0.1, -0.05) is 29.9 Å². The Morgan fingerprint density at radius 2 is 1.89 bits per heavy atom. The maximum absolute atomic E-state index is 14.7. The number of carbonyl (C=O) groups is 3. The molecule has 1 aromatic heterocycles. The molecule has 1 spiro atoms. The summed E-state index contributed by atoms with van der Waals surface area (Å²) in [4.78, 5) is 48.3. The molecular weight excluding hydrogens is 937 g/mol. The Bertz CT molecular complexity index is 2880. The average molecular weight is 1000 g/mol. The van der Waals surface area contributed by atoms with Crippen LogP contribution in [0.5, 0.6) is 17.2 Å². The molecule has 388 valence electrons. The molecule has 8 aliphatic rings. The number of likely N-dealkylation sites (tertiary alicyclic amines) is 1. The van der Waals surface area contributed by atoms with Crippen LogP contribution in [0.25, 0.3) is 16.5 Å². The van der Waals surface area contributed by atoms with E-state index in [0.29, 0.717) is 62.0 Å². The van der Waals surface area contributed by atoms with Gasteiger partial charge in [-0.05, 0) is 110 Å². The molecule has 1 saturated heterocycles. The Morgan fingerprint density at radius 3 is 2.64 bits per heavy atom. The van der Waals surface area contributed by atoms with Crippen molar-refractivity contribution < 1.29 is 68.7 Å². The number of aldehydes is 1. The molecule has 2 fully saturated rings. The molecule has 11 rings (SSSR count). The number of aliphatic hydroxyl groups is 6. The van der Waals surface area contributed by atoms with Gasteiger partial charge in [-0.25, -0.2) is 4.79 Å². The SMILES string of the molecule is CCOC(=O)C1=C(C=O)/C2=C3\C[C@H](CO)C(=O)[C@@H](C3)c3cc4cc[nH]c4cc3CC[C@@H](CO)COc3c4c(c(CO)c(c32)O1)O[C@@]1(C=C[C@@H]2[C@@H](CO)C=C[C@@H](O)C3=C[C@H]5CN(CCCOC)CC[C@H]5[C@]1(O)[C@H]32)C4. The highest BCUT2D eigenvalue weighted by Crippen LogP contribution is 2.65. The van der Waals surface area contributed by atoms with E-state index in [1.54, 1.807) is 20.1 Å². The number of ether oxygens (including phenoxy) is 5. The summed E-state index contributed by atoms with van der Waals surface area (Å²) in [7, 11) is 1.68. The standard InChI is InChI=1S/C57H66N2O14/c1-3-70-55(67)54-42(27-63)47-34-17-36(26-62)50(66)39(19-34)38-18-32-10-13-58-45(32)21-31(38)6-5-30(24-60)29-71-52-41-22-56(73-51(41)43(28-64)53(72-54)48(47)52)12-9-37-33(25-61)7-8-46(65)40-20-35-23-59(14-4-16-69-2)15-11-44(35)57(56,68)49(37)40/h7-10,12-13,18,20-21,27,30,33,35-37,39,44,46,49,58,60-62,64-65,68H,3-6,11,14-17,19,22-26,28-29H2,1-2H3/b47-34-/t30-,33+,35-,36+,37+,39-,44+,46+,49-,56-,57-/m0/s1. The number of piperidine rings is 1. The first-order valence-corrected chi connectivity index (χ1v) is 26.0. The van der Waals surface area contributed by atoms with E-state index in [4.69, 9.17) is 23.7 Å². The van der Waals surface area contributed by atoms with E-state index in [0.717, 1.165) is 35.0 Å². The number of methoxy groups -OCH3 is 1. The highest BCUT2D eigenvalue weighted by molar-refractivity contribution is 6.11. The lowest BCUT2D eigenvalue weighted by Gasteiger charge is -2.61. The molecule has 3 aromatic rings. The molecule has 7 N–H and O–H groups in total. The first-order chi connectivity index (χ1) is 35.5. The fourth-order valence-electron chi connectivity index (χ4n) is 14.2. The van der Waals surface area contributed by atoms with Gasteiger partial charge in [-0.2, -0.15) is 0 Å². The Labute approximate surface area is 423 Å². The lowest BCUT2D eigenvalue weighted by atomic mass is 9.49. The molecule has 0 amide bonds. The number of nitrogens with one attached hydrogen (secondary N) is 1. The smallest absolute Gasteiger partial charge is 0.375 e. The molecular formula is C57H66N2O14. The largest absolute Gasteiger partial charge is 0.492 e. The van der Waals surface area contributed by atoms with Crippen LogP contribution in [-0.4, -0.2) is 142 Å². The van der Waals surface area contributed by atoms with Crippen LogP contribution < -0.4 is 14.2 Å². The number of fused-ring (bicyclic) bond motifs is 10. The maximum atomic E-state index is 14.7. The minimum Gasteiger partial charge on any atom is -0.492 e. The van der Waals surface area contributed by atoms with Crippen molar-refractivity contribution in [1.29, 1.82) is 0 Å². The van der Waals surface area contributed by atoms with E-state index in [2.05, 4.69) is 16.0 Å². The number of Topliss-reactive ketones (excluding diaryl/α,β-unsaturated/α-hetero) is 1. The van der Waals surface area contributed by atoms with Crippen molar-refractivity contribution >= 4 is 34.5 Å². The van der Waals surface area contributed by atoms with Crippen molar-refractivity contribution in [1.82, 2.24) is 9.88 Å². The molecule has 4 aliphatic heterocycles. The maximum Gasteiger partial charge on any atom is 0.375 e. The number of hydrogen-bond donors (Lipinski definition) is 7. The summed E-state index contributed by atoms with van der Waals surface area (Å²) in [5, 5.41) is 71.9. The van der Waals surface area contributed by atoms with E-state index >= 15 is 0 Å². The van der Waals surface area contributed by atoms with E-state index in [1.165, 1.54) is 0 Å². The second-order valence-electron chi connectivity index (χ2n) is 21.4. The summed E-state index contributed by atoms with van der Waals surface area (Å²) in [5.74, 6) is -5.56. The van der Waals surface area contributed by atoms with Crippen molar-refractivity contribution in [2.75, 3.05) is 66.4 Å². The number of aromatic nitrogens is 1. The van der Waals surface area contributed by atoms with Crippen molar-refractivity contribution in [2.45, 2.75) is 81.7 Å². The number of rotatable bonds is 11. The van der Waals surface area contributed by atoms with Gasteiger partial charge in [-0.15, -0.1) is 0 Å². The van der Waals surface area contributed by atoms with Gasteiger partial charge < -0.3 is 64.2 Å². The van der Waals surface area contributed by atoms with Gasteiger partial charge in [-0.3, -0.25) is 9.59 Å². The van der Waals surface area contributed by atoms with Gasteiger partial charge in [0.25, 0.3) is 0 Å². The summed E-state index contributed by atoms with van der Waals surface area (Å²) in [6.45, 7) is 2.54. The van der Waals surface area contributed by atoms with E-state index < -0.39 is 83.7 Å². The molecule has 2 bridgehead atoms. The summed E-state index contributed by atoms with van der Waals surface area (Å²) < 4.78 is 32.0. The molecule has 1 saturated carbocycles. The molecule has 2 aromatic carbocycles. The zero-order chi connectivity index (χ0) is 50.9. The molecule has 73 heavy (non-hydrogen) atoms. The first kappa shape index (κ1) is 49.8. The molecule has 16 nitrogen and oxygen atoms in total. The topological polar surface area (TPSA) is 238 Å². The fourth-order valence-corrected chi connectivity index (χ4v) is 14.2. The number of benzene rings is 2. The van der Waals surface area contributed by atoms with Crippen LogP contribution in [0.15, 0.2) is 77.3 Å². The average Bonchev–Trinajstić information content (AvgIpc) is 4.00. The van der Waals surface area contributed by atoms with Crippen LogP contribution >= 0.6 is 0 Å². The number of ketones is 1. The van der Waals surface area contributed by atoms with E-state index in [1.807, 2.05) is 42.6 Å². The zero-order valence-corrected chi connectivity index (χ0v) is 41.4. The van der Waals surface area contributed by atoms with Crippen LogP contribution in [0.3, 0.4) is 0 Å². The molecule has 0 radical (unpaired) electrons. The lowest BCUT2D eigenvalue weighted by molar-refractivity contribution is -0.203. The molecule has 16 heteroatoms. The van der Waals surface area contributed by atoms with Crippen molar-refractivity contribution in [3.8, 4) is 17.2 Å². The van der Waals surface area contributed by atoms with Crippen LogP contribution in [0.4, 0.5) is 0 Å². The number of nitrogens with zero attached hydrogens (tertiary/aromatic N) is 1. The second-order valence-corrected chi connectivity index (χ2v) is 21.4. The Morgan fingerprint density at radius 1 is 1.04 bits per heavy atom. The molecule has 0 unspecified atom stereocenters. The van der Waals surface area contributed by atoms with Crippen molar-refractivity contribution in [3.05, 3.63) is 105 Å². The van der Waals surface area contributed by atoms with Gasteiger partial charge in [0, 0.05) is 105 Å². The predicted molar refractivity (Wildman–Crippen MR) is 266 cm³/mol. The first-order valence-electron chi connectivity index (χ1n) is 26.0. The van der Waals surface area contributed by atoms with Crippen LogP contribution in [0.2, 0.25) is 0 Å². The molecule has 4 aliphatic carbocycles. The number of carbonyl (C=O) groups excluding carboxylic acids is 3. The zero-order valence-electron chi connectivity index (χ0n) is 41.4. The van der Waals surface area contributed by atoms with Crippen LogP contribution in [0, 0.1) is 41.4 Å². The highest BCUT2D eigenvalue weighted by atomic mass is 16.6. The van der Waals surface area contributed by atoms with Gasteiger partial charge in [0.15, 0.2) is 11.9 Å². The van der Waals surface area contributed by atoms with Crippen molar-refractivity contribution in [3.63, 3.8) is 0 Å². The normalized spacial score (nSPS) is 33.3. The second kappa shape index (κ2) is 19.7. The van der Waals surface area contributed by atoms with Gasteiger partial charge >= 0.3 is 5.97 Å². The summed E-state index contributed by atoms with van der Waals surface area (Å²) in [5.41, 5.74) is 1.34. The molecule has 11 atom stereocenters. The predicted octanol–water partition coefficient (Wildman–Crippen LogP) is 4.17. The van der Waals surface area contributed by atoms with Crippen LogP contribution in [0.1, 0.15) is 72.8 Å². The highest BCUT2D eigenvalue weighted by Gasteiger charge is 2.70. The fraction of sp³-hybridized carbons (Fsp3) is 0.526. The number of aryl methyl sites for hydroxylation is 1. The number of aliphatic hydroxyl groups excluding tert-OH is 5. The van der Waals surface area contributed by atoms with Gasteiger partial charge in [0.2, 0.25) is 5.76 Å².